The third kappa shape index (κ3) is 5.12. The fourth-order valence-corrected chi connectivity index (χ4v) is 7.69. The van der Waals surface area contributed by atoms with E-state index in [-0.39, 0.29) is 36.5 Å². The zero-order valence-corrected chi connectivity index (χ0v) is 27.3. The van der Waals surface area contributed by atoms with Gasteiger partial charge in [-0.05, 0) is 45.5 Å². The van der Waals surface area contributed by atoms with E-state index in [0.29, 0.717) is 13.1 Å². The van der Waals surface area contributed by atoms with Gasteiger partial charge in [0.1, 0.15) is 12.2 Å². The third-order valence-electron chi connectivity index (χ3n) is 10.1. The largest absolute Gasteiger partial charge is 0.341 e. The number of carbonyl (C=O) groups is 2. The van der Waals surface area contributed by atoms with E-state index in [0.717, 1.165) is 55.6 Å². The Labute approximate surface area is 291 Å². The molecule has 4 aliphatic rings. The van der Waals surface area contributed by atoms with E-state index in [2.05, 4.69) is 48.5 Å². The topological polar surface area (TPSA) is 59.1 Å². The van der Waals surface area contributed by atoms with Gasteiger partial charge in [-0.25, -0.2) is 0 Å². The van der Waals surface area contributed by atoms with Gasteiger partial charge in [0.2, 0.25) is 0 Å². The van der Waals surface area contributed by atoms with E-state index in [1.807, 2.05) is 119 Å². The van der Waals surface area contributed by atoms with Gasteiger partial charge >= 0.3 is 0 Å². The van der Waals surface area contributed by atoms with Crippen LogP contribution in [0.1, 0.15) is 89.9 Å². The first kappa shape index (κ1) is 30.3. The van der Waals surface area contributed by atoms with Gasteiger partial charge in [0, 0.05) is 35.3 Å². The summed E-state index contributed by atoms with van der Waals surface area (Å²) in [6, 6.07) is 52.5. The lowest BCUT2D eigenvalue weighted by molar-refractivity contribution is -0.0647. The number of fused-ring (bicyclic) bond motifs is 8. The molecule has 0 saturated carbocycles. The van der Waals surface area contributed by atoms with Crippen LogP contribution in [0.4, 0.5) is 0 Å². The summed E-state index contributed by atoms with van der Waals surface area (Å²) >= 11 is 0. The zero-order chi connectivity index (χ0) is 33.6. The summed E-state index contributed by atoms with van der Waals surface area (Å²) in [6.07, 6.45) is -1.07. The molecule has 2 amide bonds. The van der Waals surface area contributed by atoms with E-state index in [1.165, 1.54) is 0 Å². The van der Waals surface area contributed by atoms with Crippen LogP contribution in [0.15, 0.2) is 158 Å². The normalized spacial score (nSPS) is 21.3. The monoisotopic (exact) mass is 654 g/mol. The molecule has 6 heteroatoms. The molecule has 4 heterocycles. The van der Waals surface area contributed by atoms with E-state index >= 15 is 0 Å². The van der Waals surface area contributed by atoms with Crippen molar-refractivity contribution in [2.45, 2.75) is 37.8 Å². The summed E-state index contributed by atoms with van der Waals surface area (Å²) in [7, 11) is 0. The standard InChI is InChI=1S/2C22H17NO2/c2*24-21-18-12-6-7-13-19(18)22-23(21)14-16-10-4-5-11-17(16)20(25-22)15-8-2-1-3-9-15/h2*1-13,20,22H,14H2/t2*20-,22-/m00/s1. The fourth-order valence-electron chi connectivity index (χ4n) is 7.69. The number of nitrogens with zero attached hydrogens (tertiary/aromatic N) is 2. The number of rotatable bonds is 2. The molecule has 0 fully saturated rings. The molecule has 0 aliphatic carbocycles. The molecule has 0 N–H and O–H groups in total. The molecular formula is C44H34N2O4. The maximum Gasteiger partial charge on any atom is 0.256 e. The van der Waals surface area contributed by atoms with Crippen LogP contribution in [-0.4, -0.2) is 21.6 Å². The van der Waals surface area contributed by atoms with Gasteiger partial charge < -0.3 is 19.3 Å². The first-order valence-electron chi connectivity index (χ1n) is 17.0. The van der Waals surface area contributed by atoms with E-state index in [9.17, 15) is 9.59 Å². The highest BCUT2D eigenvalue weighted by Crippen LogP contribution is 2.46. The van der Waals surface area contributed by atoms with Crippen LogP contribution in [0, 0.1) is 0 Å². The second kappa shape index (κ2) is 12.6. The Kier molecular flexibility index (Phi) is 7.61. The molecular weight excluding hydrogens is 620 g/mol. The van der Waals surface area contributed by atoms with Crippen molar-refractivity contribution in [2.75, 3.05) is 0 Å². The molecule has 0 radical (unpaired) electrons. The Morgan fingerprint density at radius 2 is 0.740 bits per heavy atom. The summed E-state index contributed by atoms with van der Waals surface area (Å²) in [5.74, 6) is 0.0910. The maximum atomic E-state index is 12.9. The SMILES string of the molecule is O=C1c2ccccc2[C@@H]2O[C@@H](c3ccccc3)c3ccccc3CN12.O=C1c2ccccc2[C@@H]2O[C@@H](c3ccccc3)c3ccccc3CN12. The van der Waals surface area contributed by atoms with Crippen LogP contribution in [0.3, 0.4) is 0 Å². The third-order valence-corrected chi connectivity index (χ3v) is 10.1. The van der Waals surface area contributed by atoms with Crippen LogP contribution in [-0.2, 0) is 22.6 Å². The minimum absolute atomic E-state index is 0.0455. The average Bonchev–Trinajstić information content (AvgIpc) is 3.41. The van der Waals surface area contributed by atoms with Gasteiger partial charge in [-0.15, -0.1) is 0 Å². The average molecular weight is 655 g/mol. The first-order chi connectivity index (χ1) is 24.7. The second-order valence-corrected chi connectivity index (χ2v) is 13.0. The number of carbonyl (C=O) groups excluding carboxylic acids is 2. The first-order valence-corrected chi connectivity index (χ1v) is 17.0. The quantitative estimate of drug-likeness (QED) is 0.187. The van der Waals surface area contributed by atoms with Crippen molar-refractivity contribution in [3.63, 3.8) is 0 Å². The number of hydrogen-bond acceptors (Lipinski definition) is 4. The molecule has 10 rings (SSSR count). The van der Waals surface area contributed by atoms with Crippen molar-refractivity contribution >= 4 is 11.8 Å². The van der Waals surface area contributed by atoms with E-state index in [4.69, 9.17) is 9.47 Å². The van der Waals surface area contributed by atoms with Crippen molar-refractivity contribution in [1.29, 1.82) is 0 Å². The Hall–Kier alpha value is -5.82. The van der Waals surface area contributed by atoms with Crippen LogP contribution < -0.4 is 0 Å². The van der Waals surface area contributed by atoms with E-state index < -0.39 is 0 Å². The van der Waals surface area contributed by atoms with Crippen molar-refractivity contribution in [3.8, 4) is 0 Å². The predicted molar refractivity (Wildman–Crippen MR) is 190 cm³/mol. The summed E-state index contributed by atoms with van der Waals surface area (Å²) in [5, 5.41) is 0. The molecule has 4 aliphatic heterocycles. The van der Waals surface area contributed by atoms with Crippen LogP contribution in [0.2, 0.25) is 0 Å². The Balaban J connectivity index is 0.000000135. The Morgan fingerprint density at radius 3 is 1.16 bits per heavy atom. The molecule has 50 heavy (non-hydrogen) atoms. The molecule has 6 aromatic carbocycles. The zero-order valence-electron chi connectivity index (χ0n) is 27.3. The summed E-state index contributed by atoms with van der Waals surface area (Å²) in [4.78, 5) is 29.4. The summed E-state index contributed by atoms with van der Waals surface area (Å²) < 4.78 is 13.1. The molecule has 0 unspecified atom stereocenters. The van der Waals surface area contributed by atoms with Gasteiger partial charge in [0.15, 0.2) is 12.5 Å². The van der Waals surface area contributed by atoms with Gasteiger partial charge in [-0.2, -0.15) is 0 Å². The number of amides is 2. The minimum atomic E-state index is -0.346. The van der Waals surface area contributed by atoms with Crippen molar-refractivity contribution in [1.82, 2.24) is 9.80 Å². The highest BCUT2D eigenvalue weighted by Gasteiger charge is 2.43. The number of benzene rings is 6. The lowest BCUT2D eigenvalue weighted by Crippen LogP contribution is -2.27. The van der Waals surface area contributed by atoms with Gasteiger partial charge in [-0.1, -0.05) is 146 Å². The Bertz CT molecular complexity index is 2060. The highest BCUT2D eigenvalue weighted by atomic mass is 16.5. The van der Waals surface area contributed by atoms with Crippen molar-refractivity contribution in [3.05, 3.63) is 213 Å². The van der Waals surface area contributed by atoms with E-state index in [1.54, 1.807) is 0 Å². The second-order valence-electron chi connectivity index (χ2n) is 13.0. The molecule has 244 valence electrons. The van der Waals surface area contributed by atoms with Crippen LogP contribution in [0.5, 0.6) is 0 Å². The fraction of sp³-hybridized carbons (Fsp3) is 0.136. The van der Waals surface area contributed by atoms with Gasteiger partial charge in [0.25, 0.3) is 11.8 Å². The van der Waals surface area contributed by atoms with Gasteiger partial charge in [0.05, 0.1) is 0 Å². The van der Waals surface area contributed by atoms with Crippen molar-refractivity contribution < 1.29 is 19.1 Å². The molecule has 0 saturated heterocycles. The smallest absolute Gasteiger partial charge is 0.256 e. The molecule has 0 bridgehead atoms. The number of hydrogen-bond donors (Lipinski definition) is 0. The van der Waals surface area contributed by atoms with Crippen LogP contribution >= 0.6 is 0 Å². The van der Waals surface area contributed by atoms with Gasteiger partial charge in [-0.3, -0.25) is 9.59 Å². The van der Waals surface area contributed by atoms with Crippen molar-refractivity contribution in [2.24, 2.45) is 0 Å². The summed E-state index contributed by atoms with van der Waals surface area (Å²) in [6.45, 7) is 1.13. The number of ether oxygens (including phenoxy) is 2. The lowest BCUT2D eigenvalue weighted by atomic mass is 9.96. The Morgan fingerprint density at radius 1 is 0.400 bits per heavy atom. The molecule has 4 atom stereocenters. The molecule has 6 nitrogen and oxygen atoms in total. The molecule has 0 spiro atoms. The molecule has 0 aromatic heterocycles. The maximum absolute atomic E-state index is 12.9. The summed E-state index contributed by atoms with van der Waals surface area (Å²) in [5.41, 5.74) is 10.2. The minimum Gasteiger partial charge on any atom is -0.341 e. The highest BCUT2D eigenvalue weighted by molar-refractivity contribution is 5.99. The molecule has 6 aromatic rings. The predicted octanol–water partition coefficient (Wildman–Crippen LogP) is 8.92. The van der Waals surface area contributed by atoms with Crippen LogP contribution in [0.25, 0.3) is 0 Å². The lowest BCUT2D eigenvalue weighted by Gasteiger charge is -2.25.